The van der Waals surface area contributed by atoms with Crippen LogP contribution in [0.5, 0.6) is 5.75 Å². The van der Waals surface area contributed by atoms with Gasteiger partial charge in [-0.3, -0.25) is 9.59 Å². The lowest BCUT2D eigenvalue weighted by molar-refractivity contribution is -0.215. The van der Waals surface area contributed by atoms with Crippen molar-refractivity contribution in [3.63, 3.8) is 0 Å². The number of ether oxygens (including phenoxy) is 2. The Hall–Kier alpha value is -3.42. The molecule has 0 radical (unpaired) electrons. The fourth-order valence-electron chi connectivity index (χ4n) is 3.40. The van der Waals surface area contributed by atoms with Gasteiger partial charge < -0.3 is 20.5 Å². The van der Waals surface area contributed by atoms with E-state index in [9.17, 15) is 35.9 Å². The Bertz CT molecular complexity index is 1000. The molecule has 0 saturated carbocycles. The Labute approximate surface area is 189 Å². The van der Waals surface area contributed by atoms with E-state index in [0.29, 0.717) is 12.1 Å². The molecule has 3 rings (SSSR count). The number of hydrogen-bond donors (Lipinski definition) is 2. The van der Waals surface area contributed by atoms with Crippen LogP contribution in [-0.2, 0) is 9.53 Å². The van der Waals surface area contributed by atoms with E-state index in [0.717, 1.165) is 13.2 Å². The van der Waals surface area contributed by atoms with Crippen molar-refractivity contribution in [2.24, 2.45) is 11.7 Å². The molecule has 1 saturated heterocycles. The predicted octanol–water partition coefficient (Wildman–Crippen LogP) is 3.60. The number of amides is 2. The molecule has 3 unspecified atom stereocenters. The van der Waals surface area contributed by atoms with Gasteiger partial charge in [0, 0.05) is 17.4 Å². The first kappa shape index (κ1) is 26.8. The molecular formula is C20H20F6N4O4. The summed E-state index contributed by atoms with van der Waals surface area (Å²) in [6, 6.07) is 1.98. The second kappa shape index (κ2) is 11.1. The number of primary amides is 1. The molecule has 8 nitrogen and oxygen atoms in total. The third-order valence-corrected chi connectivity index (χ3v) is 4.98. The topological polar surface area (TPSA) is 116 Å². The van der Waals surface area contributed by atoms with E-state index in [-0.39, 0.29) is 18.0 Å². The predicted molar refractivity (Wildman–Crippen MR) is 106 cm³/mol. The van der Waals surface area contributed by atoms with Crippen LogP contribution in [0.2, 0.25) is 0 Å². The van der Waals surface area contributed by atoms with Crippen LogP contribution >= 0.6 is 0 Å². The average Bonchev–Trinajstić information content (AvgIpc) is 3.15. The maximum absolute atomic E-state index is 13.5. The van der Waals surface area contributed by atoms with Crippen LogP contribution in [-0.4, -0.2) is 48.3 Å². The number of methoxy groups -OCH3 is 1. The normalized spacial score (nSPS) is 19.9. The van der Waals surface area contributed by atoms with Crippen LogP contribution in [0.4, 0.5) is 32.0 Å². The summed E-state index contributed by atoms with van der Waals surface area (Å²) < 4.78 is 87.6. The van der Waals surface area contributed by atoms with Crippen molar-refractivity contribution in [3.8, 4) is 5.75 Å². The van der Waals surface area contributed by atoms with E-state index in [2.05, 4.69) is 15.3 Å². The number of carbonyl (C=O) groups is 2. The average molecular weight is 494 g/mol. The minimum absolute atomic E-state index is 0.0774. The van der Waals surface area contributed by atoms with Gasteiger partial charge in [-0.05, 0) is 6.07 Å². The fourth-order valence-corrected chi connectivity index (χ4v) is 3.40. The Morgan fingerprint density at radius 3 is 2.35 bits per heavy atom. The van der Waals surface area contributed by atoms with Gasteiger partial charge in [-0.1, -0.05) is 13.0 Å². The molecule has 2 amide bonds. The molecule has 3 atom stereocenters. The number of nitrogens with zero attached hydrogens (tertiary/aromatic N) is 2. The number of nitrogens with two attached hydrogens (primary N) is 1. The van der Waals surface area contributed by atoms with Gasteiger partial charge in [0.05, 0.1) is 37.4 Å². The molecule has 14 heteroatoms. The van der Waals surface area contributed by atoms with Crippen molar-refractivity contribution in [1.82, 2.24) is 9.97 Å². The zero-order chi connectivity index (χ0) is 25.6. The third kappa shape index (κ3) is 6.12. The zero-order valence-corrected chi connectivity index (χ0v) is 17.8. The largest absolute Gasteiger partial charge is 0.496 e. The summed E-state index contributed by atoms with van der Waals surface area (Å²) in [7, 11) is 1.08. The minimum atomic E-state index is -4.55. The summed E-state index contributed by atoms with van der Waals surface area (Å²) in [5.74, 6) is -4.16. The molecule has 3 N–H and O–H groups in total. The molecule has 1 aromatic carbocycles. The molecule has 1 fully saturated rings. The Kier molecular flexibility index (Phi) is 8.79. The first-order chi connectivity index (χ1) is 15.9. The summed E-state index contributed by atoms with van der Waals surface area (Å²) in [6.45, 7) is 1.02. The van der Waals surface area contributed by atoms with Crippen molar-refractivity contribution in [1.29, 1.82) is 0 Å². The SMILES string of the molecule is COc1c(C2COC(C(F)(F)F)C2C)ccc(F)c1C(F)F.NC(=O)c1ncc(NC=O)cn1. The third-order valence-electron chi connectivity index (χ3n) is 4.98. The number of rotatable bonds is 6. The summed E-state index contributed by atoms with van der Waals surface area (Å²) in [5.41, 5.74) is 4.45. The van der Waals surface area contributed by atoms with Crippen LogP contribution in [0, 0.1) is 11.7 Å². The van der Waals surface area contributed by atoms with Crippen molar-refractivity contribution >= 4 is 18.0 Å². The maximum Gasteiger partial charge on any atom is 0.414 e. The zero-order valence-electron chi connectivity index (χ0n) is 17.8. The molecule has 2 heterocycles. The molecule has 186 valence electrons. The standard InChI is InChI=1S/C14H14F6O2.C6H6N4O2/c1-6-8(5-22-12(6)14(18,19)20)7-3-4-9(15)10(13(16)17)11(7)21-2;7-5(12)6-8-1-4(2-9-6)10-3-11/h3-4,6,8,12-13H,5H2,1-2H3;1-3H,(H2,7,12)(H,10,11). The molecule has 0 spiro atoms. The number of hydrogen-bond acceptors (Lipinski definition) is 6. The molecule has 0 aliphatic carbocycles. The maximum atomic E-state index is 13.5. The van der Waals surface area contributed by atoms with Crippen LogP contribution in [0.15, 0.2) is 24.5 Å². The Morgan fingerprint density at radius 1 is 1.29 bits per heavy atom. The van der Waals surface area contributed by atoms with Crippen molar-refractivity contribution in [2.45, 2.75) is 31.5 Å². The second-order valence-corrected chi connectivity index (χ2v) is 7.07. The van der Waals surface area contributed by atoms with E-state index in [4.69, 9.17) is 15.2 Å². The summed E-state index contributed by atoms with van der Waals surface area (Å²) >= 11 is 0. The lowest BCUT2D eigenvalue weighted by Crippen LogP contribution is -2.33. The summed E-state index contributed by atoms with van der Waals surface area (Å²) in [5, 5.41) is 2.32. The van der Waals surface area contributed by atoms with E-state index in [1.807, 2.05) is 0 Å². The van der Waals surface area contributed by atoms with Gasteiger partial charge >= 0.3 is 6.18 Å². The van der Waals surface area contributed by atoms with Crippen LogP contribution < -0.4 is 15.8 Å². The van der Waals surface area contributed by atoms with Gasteiger partial charge in [0.15, 0.2) is 6.10 Å². The number of halogens is 6. The van der Waals surface area contributed by atoms with Crippen LogP contribution in [0.3, 0.4) is 0 Å². The first-order valence-corrected chi connectivity index (χ1v) is 9.57. The number of aromatic nitrogens is 2. The summed E-state index contributed by atoms with van der Waals surface area (Å²) in [6.07, 6.45) is -6.59. The Balaban J connectivity index is 0.000000287. The fraction of sp³-hybridized carbons (Fsp3) is 0.400. The van der Waals surface area contributed by atoms with E-state index in [1.54, 1.807) is 0 Å². The van der Waals surface area contributed by atoms with Gasteiger partial charge in [-0.15, -0.1) is 0 Å². The molecule has 2 aromatic rings. The number of alkyl halides is 5. The summed E-state index contributed by atoms with van der Waals surface area (Å²) in [4.78, 5) is 27.6. The van der Waals surface area contributed by atoms with Crippen LogP contribution in [0.1, 0.15) is 41.0 Å². The van der Waals surface area contributed by atoms with Gasteiger partial charge in [-0.25, -0.2) is 23.1 Å². The molecular weight excluding hydrogens is 474 g/mol. The van der Waals surface area contributed by atoms with Crippen molar-refractivity contribution in [2.75, 3.05) is 19.0 Å². The highest BCUT2D eigenvalue weighted by molar-refractivity contribution is 5.88. The van der Waals surface area contributed by atoms with Crippen molar-refractivity contribution in [3.05, 3.63) is 47.3 Å². The lowest BCUT2D eigenvalue weighted by atomic mass is 9.85. The molecule has 1 aliphatic heterocycles. The van der Waals surface area contributed by atoms with E-state index in [1.165, 1.54) is 25.4 Å². The molecule has 34 heavy (non-hydrogen) atoms. The number of anilines is 1. The van der Waals surface area contributed by atoms with Crippen LogP contribution in [0.25, 0.3) is 0 Å². The minimum Gasteiger partial charge on any atom is -0.496 e. The Morgan fingerprint density at radius 2 is 1.91 bits per heavy atom. The highest BCUT2D eigenvalue weighted by Crippen LogP contribution is 2.46. The van der Waals surface area contributed by atoms with Crippen molar-refractivity contribution < 1.29 is 45.4 Å². The van der Waals surface area contributed by atoms with Gasteiger partial charge in [0.25, 0.3) is 12.3 Å². The second-order valence-electron chi connectivity index (χ2n) is 7.07. The van der Waals surface area contributed by atoms with Gasteiger partial charge in [-0.2, -0.15) is 13.2 Å². The van der Waals surface area contributed by atoms with E-state index < -0.39 is 53.6 Å². The molecule has 1 aromatic heterocycles. The van der Waals surface area contributed by atoms with Gasteiger partial charge in [0.1, 0.15) is 11.6 Å². The molecule has 1 aliphatic rings. The van der Waals surface area contributed by atoms with E-state index >= 15 is 0 Å². The number of benzene rings is 1. The highest BCUT2D eigenvalue weighted by Gasteiger charge is 2.51. The monoisotopic (exact) mass is 494 g/mol. The smallest absolute Gasteiger partial charge is 0.414 e. The quantitative estimate of drug-likeness (QED) is 0.468. The lowest BCUT2D eigenvalue weighted by Gasteiger charge is -2.23. The first-order valence-electron chi connectivity index (χ1n) is 9.57. The highest BCUT2D eigenvalue weighted by atomic mass is 19.4. The van der Waals surface area contributed by atoms with Gasteiger partial charge in [0.2, 0.25) is 12.2 Å². The molecule has 0 bridgehead atoms. The number of nitrogens with one attached hydrogen (secondary N) is 1. The number of carbonyl (C=O) groups excluding carboxylic acids is 2.